The quantitative estimate of drug-likeness (QED) is 0.763. The number of hydrogen-bond acceptors (Lipinski definition) is 5. The van der Waals surface area contributed by atoms with Gasteiger partial charge in [-0.1, -0.05) is 18.2 Å². The zero-order valence-electron chi connectivity index (χ0n) is 10.1. The summed E-state index contributed by atoms with van der Waals surface area (Å²) in [6.07, 6.45) is -0.441. The second-order valence-corrected chi connectivity index (χ2v) is 4.27. The van der Waals surface area contributed by atoms with Gasteiger partial charge in [0.15, 0.2) is 0 Å². The zero-order valence-corrected chi connectivity index (χ0v) is 10.1. The maximum atomic E-state index is 11.5. The Hall–Kier alpha value is -1.59. The molecule has 5 heteroatoms. The number of para-hydroxylation sites is 1. The molecule has 2 N–H and O–H groups in total. The van der Waals surface area contributed by atoms with Gasteiger partial charge >= 0.3 is 5.97 Å². The number of fused-ring (bicyclic) bond motifs is 1. The molecule has 5 nitrogen and oxygen atoms in total. The van der Waals surface area contributed by atoms with Crippen LogP contribution >= 0.6 is 0 Å². The molecule has 98 valence electrons. The highest BCUT2D eigenvalue weighted by atomic mass is 16.5. The number of carbonyl (C=O) groups excluding carboxylic acids is 1. The van der Waals surface area contributed by atoms with Crippen LogP contribution in [0.25, 0.3) is 0 Å². The van der Waals surface area contributed by atoms with Crippen molar-refractivity contribution in [2.45, 2.75) is 12.5 Å². The fourth-order valence-corrected chi connectivity index (χ4v) is 2.13. The van der Waals surface area contributed by atoms with Crippen molar-refractivity contribution in [2.24, 2.45) is 5.92 Å². The smallest absolute Gasteiger partial charge is 0.312 e. The third kappa shape index (κ3) is 2.32. The van der Waals surface area contributed by atoms with E-state index in [1.165, 1.54) is 7.11 Å². The van der Waals surface area contributed by atoms with E-state index in [1.54, 1.807) is 12.1 Å². The van der Waals surface area contributed by atoms with Crippen LogP contribution in [0, 0.1) is 5.92 Å². The molecule has 0 amide bonds. The van der Waals surface area contributed by atoms with Gasteiger partial charge in [-0.2, -0.15) is 0 Å². The van der Waals surface area contributed by atoms with Gasteiger partial charge in [-0.25, -0.2) is 0 Å². The third-order valence-electron chi connectivity index (χ3n) is 3.09. The third-order valence-corrected chi connectivity index (χ3v) is 3.09. The second-order valence-electron chi connectivity index (χ2n) is 4.27. The summed E-state index contributed by atoms with van der Waals surface area (Å²) in [6.45, 7) is -0.130. The minimum Gasteiger partial charge on any atom is -0.492 e. The predicted octanol–water partition coefficient (Wildman–Crippen LogP) is 0.436. The average molecular weight is 252 g/mol. The van der Waals surface area contributed by atoms with Crippen LogP contribution < -0.4 is 4.74 Å². The Bertz CT molecular complexity index is 443. The summed E-state index contributed by atoms with van der Waals surface area (Å²) in [7, 11) is 1.35. The number of esters is 1. The molecule has 1 aromatic carbocycles. The first-order chi connectivity index (χ1) is 8.67. The van der Waals surface area contributed by atoms with Gasteiger partial charge in [-0.3, -0.25) is 4.79 Å². The summed E-state index contributed by atoms with van der Waals surface area (Å²) in [6, 6.07) is 5.33. The molecule has 0 saturated heterocycles. The van der Waals surface area contributed by atoms with Crippen LogP contribution in [0.5, 0.6) is 5.75 Å². The number of benzene rings is 1. The molecule has 2 unspecified atom stereocenters. The lowest BCUT2D eigenvalue weighted by molar-refractivity contribution is -0.146. The summed E-state index contributed by atoms with van der Waals surface area (Å²) in [5, 5.41) is 18.7. The maximum Gasteiger partial charge on any atom is 0.312 e. The average Bonchev–Trinajstić information content (AvgIpc) is 2.44. The Morgan fingerprint density at radius 1 is 1.61 bits per heavy atom. The molecule has 0 radical (unpaired) electrons. The van der Waals surface area contributed by atoms with Crippen molar-refractivity contribution in [1.29, 1.82) is 0 Å². The Morgan fingerprint density at radius 3 is 3.06 bits per heavy atom. The van der Waals surface area contributed by atoms with E-state index in [9.17, 15) is 9.90 Å². The van der Waals surface area contributed by atoms with Gasteiger partial charge in [0.2, 0.25) is 0 Å². The SMILES string of the molecule is COC(=O)C1COc2c(cccc2C(O)CO)C1. The van der Waals surface area contributed by atoms with Crippen molar-refractivity contribution in [2.75, 3.05) is 20.3 Å². The van der Waals surface area contributed by atoms with Crippen LogP contribution in [0.3, 0.4) is 0 Å². The largest absolute Gasteiger partial charge is 0.492 e. The number of aliphatic hydroxyl groups is 2. The van der Waals surface area contributed by atoms with Crippen molar-refractivity contribution in [3.63, 3.8) is 0 Å². The zero-order chi connectivity index (χ0) is 13.1. The first-order valence-corrected chi connectivity index (χ1v) is 5.78. The molecule has 0 bridgehead atoms. The Labute approximate surface area is 105 Å². The minimum absolute atomic E-state index is 0.231. The van der Waals surface area contributed by atoms with Gasteiger partial charge in [0.25, 0.3) is 0 Å². The van der Waals surface area contributed by atoms with Gasteiger partial charge in [-0.05, 0) is 12.0 Å². The fraction of sp³-hybridized carbons (Fsp3) is 0.462. The summed E-state index contributed by atoms with van der Waals surface area (Å²) < 4.78 is 10.2. The van der Waals surface area contributed by atoms with E-state index in [-0.39, 0.29) is 25.1 Å². The standard InChI is InChI=1S/C13H16O5/c1-17-13(16)9-5-8-3-2-4-10(11(15)6-14)12(8)18-7-9/h2-4,9,11,14-15H,5-7H2,1H3. The minimum atomic E-state index is -0.963. The predicted molar refractivity (Wildman–Crippen MR) is 63.2 cm³/mol. The normalized spacial score (nSPS) is 19.6. The number of rotatable bonds is 3. The molecule has 0 saturated carbocycles. The molecule has 18 heavy (non-hydrogen) atoms. The highest BCUT2D eigenvalue weighted by molar-refractivity contribution is 5.73. The van der Waals surface area contributed by atoms with Crippen LogP contribution in [0.4, 0.5) is 0 Å². The number of ether oxygens (including phenoxy) is 2. The van der Waals surface area contributed by atoms with E-state index in [4.69, 9.17) is 14.6 Å². The molecule has 1 aromatic rings. The molecule has 0 aromatic heterocycles. The number of aliphatic hydroxyl groups excluding tert-OH is 2. The molecule has 0 spiro atoms. The molecule has 1 aliphatic rings. The molecule has 0 fully saturated rings. The first-order valence-electron chi connectivity index (χ1n) is 5.78. The summed E-state index contributed by atoms with van der Waals surface area (Å²) >= 11 is 0. The molecule has 1 heterocycles. The van der Waals surface area contributed by atoms with Crippen molar-refractivity contribution >= 4 is 5.97 Å². The topological polar surface area (TPSA) is 76.0 Å². The van der Waals surface area contributed by atoms with Crippen LogP contribution in [0.1, 0.15) is 17.2 Å². The number of hydrogen-bond donors (Lipinski definition) is 2. The first kappa shape index (κ1) is 12.9. The lowest BCUT2D eigenvalue weighted by Gasteiger charge is -2.26. The van der Waals surface area contributed by atoms with Gasteiger partial charge in [-0.15, -0.1) is 0 Å². The monoisotopic (exact) mass is 252 g/mol. The van der Waals surface area contributed by atoms with Crippen LogP contribution in [-0.4, -0.2) is 36.5 Å². The van der Waals surface area contributed by atoms with Crippen molar-refractivity contribution < 1.29 is 24.5 Å². The Morgan fingerprint density at radius 2 is 2.39 bits per heavy atom. The van der Waals surface area contributed by atoms with Gasteiger partial charge in [0.1, 0.15) is 18.5 Å². The van der Waals surface area contributed by atoms with E-state index >= 15 is 0 Å². The lowest BCUT2D eigenvalue weighted by atomic mass is 9.93. The van der Waals surface area contributed by atoms with Crippen LogP contribution in [-0.2, 0) is 16.0 Å². The lowest BCUT2D eigenvalue weighted by Crippen LogP contribution is -2.29. The highest BCUT2D eigenvalue weighted by Crippen LogP contribution is 2.34. The van der Waals surface area contributed by atoms with E-state index in [0.717, 1.165) is 5.56 Å². The molecular weight excluding hydrogens is 236 g/mol. The van der Waals surface area contributed by atoms with E-state index in [2.05, 4.69) is 0 Å². The molecule has 0 aliphatic carbocycles. The van der Waals surface area contributed by atoms with Gasteiger partial charge in [0, 0.05) is 5.56 Å². The molecule has 2 atom stereocenters. The number of methoxy groups -OCH3 is 1. The molecular formula is C13H16O5. The van der Waals surface area contributed by atoms with Crippen molar-refractivity contribution in [3.05, 3.63) is 29.3 Å². The van der Waals surface area contributed by atoms with E-state index in [0.29, 0.717) is 17.7 Å². The van der Waals surface area contributed by atoms with Crippen LogP contribution in [0.15, 0.2) is 18.2 Å². The summed E-state index contributed by atoms with van der Waals surface area (Å²) in [5.41, 5.74) is 1.40. The highest BCUT2D eigenvalue weighted by Gasteiger charge is 2.29. The Balaban J connectivity index is 2.27. The fourth-order valence-electron chi connectivity index (χ4n) is 2.13. The van der Waals surface area contributed by atoms with E-state index in [1.807, 2.05) is 6.07 Å². The van der Waals surface area contributed by atoms with E-state index < -0.39 is 6.10 Å². The van der Waals surface area contributed by atoms with Gasteiger partial charge in [0.05, 0.1) is 19.6 Å². The van der Waals surface area contributed by atoms with Crippen molar-refractivity contribution in [3.8, 4) is 5.75 Å². The van der Waals surface area contributed by atoms with Crippen molar-refractivity contribution in [1.82, 2.24) is 0 Å². The Kier molecular flexibility index (Phi) is 3.84. The maximum absolute atomic E-state index is 11.5. The van der Waals surface area contributed by atoms with Crippen LogP contribution in [0.2, 0.25) is 0 Å². The second kappa shape index (κ2) is 5.37. The summed E-state index contributed by atoms with van der Waals surface area (Å²) in [4.78, 5) is 11.5. The van der Waals surface area contributed by atoms with Gasteiger partial charge < -0.3 is 19.7 Å². The number of carbonyl (C=O) groups is 1. The summed E-state index contributed by atoms with van der Waals surface area (Å²) in [5.74, 6) is -0.0445. The molecule has 2 rings (SSSR count). The molecule has 1 aliphatic heterocycles.